The number of fused-ring (bicyclic) bond motifs is 1. The highest BCUT2D eigenvalue weighted by atomic mass is 79.9. The molecule has 2 N–H and O–H groups in total. The largest absolute Gasteiger partial charge is 0.483 e. The van der Waals surface area contributed by atoms with Crippen molar-refractivity contribution in [3.05, 3.63) is 76.8 Å². The van der Waals surface area contributed by atoms with Gasteiger partial charge in [-0.1, -0.05) is 60.7 Å². The van der Waals surface area contributed by atoms with Crippen LogP contribution in [0.2, 0.25) is 0 Å². The van der Waals surface area contributed by atoms with Gasteiger partial charge in [0.15, 0.2) is 6.61 Å². The molecule has 30 heavy (non-hydrogen) atoms. The molecule has 2 amide bonds. The smallest absolute Gasteiger partial charge is 0.258 e. The fraction of sp³-hybridized carbons (Fsp3) is 0.250. The summed E-state index contributed by atoms with van der Waals surface area (Å²) in [7, 11) is 0. The Labute approximate surface area is 183 Å². The number of amides is 2. The molecule has 154 valence electrons. The maximum absolute atomic E-state index is 12.6. The van der Waals surface area contributed by atoms with E-state index < -0.39 is 6.04 Å². The van der Waals surface area contributed by atoms with E-state index in [9.17, 15) is 9.59 Å². The second kappa shape index (κ2) is 9.30. The van der Waals surface area contributed by atoms with Gasteiger partial charge in [-0.2, -0.15) is 0 Å². The molecule has 1 fully saturated rings. The summed E-state index contributed by atoms with van der Waals surface area (Å²) >= 11 is 3.56. The van der Waals surface area contributed by atoms with Crippen LogP contribution in [0.25, 0.3) is 10.8 Å². The van der Waals surface area contributed by atoms with Gasteiger partial charge < -0.3 is 15.4 Å². The summed E-state index contributed by atoms with van der Waals surface area (Å²) in [5.74, 6) is 0.106. The van der Waals surface area contributed by atoms with Gasteiger partial charge in [0.25, 0.3) is 5.91 Å². The molecule has 0 bridgehead atoms. The van der Waals surface area contributed by atoms with Crippen LogP contribution in [0.1, 0.15) is 18.4 Å². The summed E-state index contributed by atoms with van der Waals surface area (Å²) in [6, 6.07) is 21.0. The number of halogens is 1. The molecule has 1 aliphatic carbocycles. The highest BCUT2D eigenvalue weighted by molar-refractivity contribution is 9.10. The van der Waals surface area contributed by atoms with E-state index >= 15 is 0 Å². The molecule has 5 nitrogen and oxygen atoms in total. The molecule has 6 heteroatoms. The Morgan fingerprint density at radius 3 is 2.50 bits per heavy atom. The first-order chi connectivity index (χ1) is 14.6. The highest BCUT2D eigenvalue weighted by Gasteiger charge is 2.28. The van der Waals surface area contributed by atoms with E-state index in [1.54, 1.807) is 0 Å². The van der Waals surface area contributed by atoms with Gasteiger partial charge in [-0.15, -0.1) is 0 Å². The minimum absolute atomic E-state index is 0.151. The van der Waals surface area contributed by atoms with E-state index in [4.69, 9.17) is 4.74 Å². The first kappa shape index (κ1) is 20.4. The minimum atomic E-state index is -0.635. The number of hydrogen-bond donors (Lipinski definition) is 2. The van der Waals surface area contributed by atoms with Gasteiger partial charge >= 0.3 is 0 Å². The topological polar surface area (TPSA) is 67.4 Å². The number of ether oxygens (including phenoxy) is 1. The lowest BCUT2D eigenvalue weighted by molar-refractivity contribution is -0.130. The molecule has 1 unspecified atom stereocenters. The monoisotopic (exact) mass is 466 g/mol. The first-order valence-electron chi connectivity index (χ1n) is 10.0. The zero-order valence-corrected chi connectivity index (χ0v) is 18.0. The molecule has 3 aromatic carbocycles. The molecule has 0 heterocycles. The predicted octanol–water partition coefficient (Wildman–Crippen LogP) is 3.99. The van der Waals surface area contributed by atoms with Gasteiger partial charge in [-0.25, -0.2) is 0 Å². The molecule has 1 atom stereocenters. The Bertz CT molecular complexity index is 1050. The van der Waals surface area contributed by atoms with Gasteiger partial charge in [0.05, 0.1) is 4.47 Å². The van der Waals surface area contributed by atoms with Gasteiger partial charge in [-0.05, 0) is 51.2 Å². The first-order valence-corrected chi connectivity index (χ1v) is 10.8. The summed E-state index contributed by atoms with van der Waals surface area (Å²) < 4.78 is 6.55. The Morgan fingerprint density at radius 1 is 1.00 bits per heavy atom. The molecular formula is C24H23BrN2O3. The van der Waals surface area contributed by atoms with Crippen molar-refractivity contribution in [2.45, 2.75) is 31.3 Å². The molecule has 3 aromatic rings. The van der Waals surface area contributed by atoms with Crippen LogP contribution in [0.5, 0.6) is 5.75 Å². The lowest BCUT2D eigenvalue weighted by Gasteiger charge is -2.19. The zero-order valence-electron chi connectivity index (χ0n) is 16.4. The van der Waals surface area contributed by atoms with Gasteiger partial charge in [0.2, 0.25) is 5.91 Å². The summed E-state index contributed by atoms with van der Waals surface area (Å²) in [6.45, 7) is -0.168. The van der Waals surface area contributed by atoms with Crippen molar-refractivity contribution < 1.29 is 14.3 Å². The molecule has 0 spiro atoms. The highest BCUT2D eigenvalue weighted by Crippen LogP contribution is 2.32. The SMILES string of the molecule is O=C(COc1ccc2ccccc2c1Br)NC(Cc1ccccc1)C(=O)NC1CC1. The van der Waals surface area contributed by atoms with E-state index in [-0.39, 0.29) is 24.5 Å². The van der Waals surface area contributed by atoms with Gasteiger partial charge in [0, 0.05) is 12.5 Å². The molecular weight excluding hydrogens is 444 g/mol. The van der Waals surface area contributed by atoms with Crippen LogP contribution in [-0.4, -0.2) is 30.5 Å². The standard InChI is InChI=1S/C24H23BrN2O3/c25-23-19-9-5-4-8-17(19)10-13-21(23)30-15-22(28)27-20(24(29)26-18-11-12-18)14-16-6-2-1-3-7-16/h1-10,13,18,20H,11-12,14-15H2,(H,26,29)(H,27,28). The lowest BCUT2D eigenvalue weighted by atomic mass is 10.1. The van der Waals surface area contributed by atoms with Gasteiger partial charge in [-0.3, -0.25) is 9.59 Å². The number of benzene rings is 3. The second-order valence-corrected chi connectivity index (χ2v) is 8.27. The third-order valence-corrected chi connectivity index (χ3v) is 5.86. The van der Waals surface area contributed by atoms with Crippen LogP contribution in [0, 0.1) is 0 Å². The third kappa shape index (κ3) is 5.19. The summed E-state index contributed by atoms with van der Waals surface area (Å²) in [4.78, 5) is 25.2. The van der Waals surface area contributed by atoms with Crippen molar-refractivity contribution in [2.24, 2.45) is 0 Å². The maximum atomic E-state index is 12.6. The number of carbonyl (C=O) groups is 2. The molecule has 1 saturated carbocycles. The quantitative estimate of drug-likeness (QED) is 0.527. The van der Waals surface area contributed by atoms with E-state index in [0.29, 0.717) is 12.2 Å². The Balaban J connectivity index is 1.40. The van der Waals surface area contributed by atoms with Crippen molar-refractivity contribution in [2.75, 3.05) is 6.61 Å². The normalized spacial score (nSPS) is 14.2. The predicted molar refractivity (Wildman–Crippen MR) is 120 cm³/mol. The van der Waals surface area contributed by atoms with Crippen LogP contribution >= 0.6 is 15.9 Å². The van der Waals surface area contributed by atoms with Crippen LogP contribution in [0.3, 0.4) is 0 Å². The Morgan fingerprint density at radius 2 is 1.73 bits per heavy atom. The van der Waals surface area contributed by atoms with Crippen molar-refractivity contribution >= 4 is 38.5 Å². The van der Waals surface area contributed by atoms with Crippen LogP contribution < -0.4 is 15.4 Å². The van der Waals surface area contributed by atoms with Gasteiger partial charge in [0.1, 0.15) is 11.8 Å². The number of rotatable bonds is 8. The summed E-state index contributed by atoms with van der Waals surface area (Å²) in [6.07, 6.45) is 2.43. The average Bonchev–Trinajstić information content (AvgIpc) is 3.58. The average molecular weight is 467 g/mol. The third-order valence-electron chi connectivity index (χ3n) is 5.04. The summed E-state index contributed by atoms with van der Waals surface area (Å²) in [5.41, 5.74) is 0.993. The van der Waals surface area contributed by atoms with E-state index in [1.165, 1.54) is 0 Å². The molecule has 4 rings (SSSR count). The Hall–Kier alpha value is -2.86. The maximum Gasteiger partial charge on any atom is 0.258 e. The van der Waals surface area contributed by atoms with E-state index in [0.717, 1.165) is 33.7 Å². The Kier molecular flexibility index (Phi) is 6.33. The van der Waals surface area contributed by atoms with Crippen LogP contribution in [0.4, 0.5) is 0 Å². The van der Waals surface area contributed by atoms with Crippen LogP contribution in [0.15, 0.2) is 71.2 Å². The zero-order chi connectivity index (χ0) is 20.9. The molecule has 0 aromatic heterocycles. The lowest BCUT2D eigenvalue weighted by Crippen LogP contribution is -2.49. The molecule has 0 saturated heterocycles. The number of carbonyl (C=O) groups excluding carboxylic acids is 2. The fourth-order valence-corrected chi connectivity index (χ4v) is 3.90. The van der Waals surface area contributed by atoms with Crippen molar-refractivity contribution in [1.29, 1.82) is 0 Å². The van der Waals surface area contributed by atoms with Crippen molar-refractivity contribution in [3.8, 4) is 5.75 Å². The minimum Gasteiger partial charge on any atom is -0.483 e. The van der Waals surface area contributed by atoms with Crippen molar-refractivity contribution in [3.63, 3.8) is 0 Å². The van der Waals surface area contributed by atoms with E-state index in [2.05, 4.69) is 26.6 Å². The molecule has 0 radical (unpaired) electrons. The summed E-state index contributed by atoms with van der Waals surface area (Å²) in [5, 5.41) is 7.91. The molecule has 1 aliphatic rings. The number of nitrogens with one attached hydrogen (secondary N) is 2. The van der Waals surface area contributed by atoms with Crippen molar-refractivity contribution in [1.82, 2.24) is 10.6 Å². The van der Waals surface area contributed by atoms with Crippen LogP contribution in [-0.2, 0) is 16.0 Å². The fourth-order valence-electron chi connectivity index (χ4n) is 3.29. The van der Waals surface area contributed by atoms with E-state index in [1.807, 2.05) is 66.7 Å². The molecule has 0 aliphatic heterocycles. The number of hydrogen-bond acceptors (Lipinski definition) is 3. The second-order valence-electron chi connectivity index (χ2n) is 7.48.